The van der Waals surface area contributed by atoms with E-state index in [1.54, 1.807) is 0 Å². The molecule has 1 aliphatic rings. The van der Waals surface area contributed by atoms with Gasteiger partial charge in [-0.2, -0.15) is 0 Å². The van der Waals surface area contributed by atoms with Crippen LogP contribution in [0.3, 0.4) is 0 Å². The highest BCUT2D eigenvalue weighted by molar-refractivity contribution is 5.70. The van der Waals surface area contributed by atoms with E-state index in [4.69, 9.17) is 9.84 Å². The van der Waals surface area contributed by atoms with Crippen molar-refractivity contribution in [1.82, 2.24) is 0 Å². The molecule has 0 saturated heterocycles. The quantitative estimate of drug-likeness (QED) is 0.805. The first kappa shape index (κ1) is 10.0. The van der Waals surface area contributed by atoms with Crippen LogP contribution >= 0.6 is 0 Å². The Morgan fingerprint density at radius 3 is 2.93 bits per heavy atom. The lowest BCUT2D eigenvalue weighted by atomic mass is 9.99. The number of carboxylic acids is 1. The monoisotopic (exact) mass is 206 g/mol. The van der Waals surface area contributed by atoms with Gasteiger partial charge in [-0.3, -0.25) is 4.79 Å². The Morgan fingerprint density at radius 2 is 2.27 bits per heavy atom. The van der Waals surface area contributed by atoms with E-state index < -0.39 is 5.97 Å². The zero-order chi connectivity index (χ0) is 11.1. The summed E-state index contributed by atoms with van der Waals surface area (Å²) in [6.07, 6.45) is 0.920. The van der Waals surface area contributed by atoms with E-state index in [-0.39, 0.29) is 12.0 Å². The highest BCUT2D eigenvalue weighted by atomic mass is 16.5. The molecule has 0 bridgehead atoms. The van der Waals surface area contributed by atoms with Crippen LogP contribution in [0, 0.1) is 0 Å². The molecule has 0 atom stereocenters. The van der Waals surface area contributed by atoms with E-state index in [0.29, 0.717) is 0 Å². The summed E-state index contributed by atoms with van der Waals surface area (Å²) in [4.78, 5) is 10.6. The Balaban J connectivity index is 2.26. The summed E-state index contributed by atoms with van der Waals surface area (Å²) in [6, 6.07) is 5.61. The normalized spacial score (nSPS) is 16.9. The Labute approximate surface area is 88.7 Å². The molecule has 1 aliphatic heterocycles. The molecule has 0 saturated carbocycles. The first-order chi connectivity index (χ1) is 6.96. The van der Waals surface area contributed by atoms with Gasteiger partial charge in [-0.15, -0.1) is 0 Å². The molecule has 0 unspecified atom stereocenters. The Hall–Kier alpha value is -1.51. The third-order valence-corrected chi connectivity index (χ3v) is 2.48. The fourth-order valence-corrected chi connectivity index (χ4v) is 1.95. The number of rotatable bonds is 2. The van der Waals surface area contributed by atoms with Gasteiger partial charge in [-0.25, -0.2) is 0 Å². The molecule has 2 rings (SSSR count). The molecule has 1 aromatic carbocycles. The summed E-state index contributed by atoms with van der Waals surface area (Å²) < 4.78 is 5.71. The van der Waals surface area contributed by atoms with Gasteiger partial charge in [0.05, 0.1) is 6.42 Å². The van der Waals surface area contributed by atoms with E-state index in [2.05, 4.69) is 0 Å². The first-order valence-corrected chi connectivity index (χ1v) is 4.99. The Morgan fingerprint density at radius 1 is 1.53 bits per heavy atom. The largest absolute Gasteiger partial charge is 0.487 e. The molecule has 15 heavy (non-hydrogen) atoms. The predicted octanol–water partition coefficient (Wildman–Crippen LogP) is 2.03. The van der Waals surface area contributed by atoms with Crippen LogP contribution in [0.2, 0.25) is 0 Å². The molecule has 0 radical (unpaired) electrons. The highest BCUT2D eigenvalue weighted by Gasteiger charge is 2.29. The number of fused-ring (bicyclic) bond motifs is 1. The fraction of sp³-hybridized carbons (Fsp3) is 0.417. The molecule has 0 spiro atoms. The average molecular weight is 206 g/mol. The zero-order valence-electron chi connectivity index (χ0n) is 8.91. The van der Waals surface area contributed by atoms with Crippen molar-refractivity contribution in [2.75, 3.05) is 0 Å². The lowest BCUT2D eigenvalue weighted by Crippen LogP contribution is -2.24. The van der Waals surface area contributed by atoms with Crippen LogP contribution in [0.5, 0.6) is 5.75 Å². The van der Waals surface area contributed by atoms with Gasteiger partial charge in [0.1, 0.15) is 11.4 Å². The van der Waals surface area contributed by atoms with Crippen LogP contribution in [-0.4, -0.2) is 16.7 Å². The third kappa shape index (κ3) is 2.12. The summed E-state index contributed by atoms with van der Waals surface area (Å²) in [6.45, 7) is 4.06. The van der Waals surface area contributed by atoms with Gasteiger partial charge in [0.25, 0.3) is 0 Å². The van der Waals surface area contributed by atoms with Crippen LogP contribution < -0.4 is 4.74 Å². The van der Waals surface area contributed by atoms with Gasteiger partial charge in [0.2, 0.25) is 0 Å². The maximum absolute atomic E-state index is 10.6. The maximum Gasteiger partial charge on any atom is 0.307 e. The molecule has 1 heterocycles. The van der Waals surface area contributed by atoms with Crippen molar-refractivity contribution in [1.29, 1.82) is 0 Å². The van der Waals surface area contributed by atoms with Crippen LogP contribution in [-0.2, 0) is 17.6 Å². The molecule has 0 aliphatic carbocycles. The van der Waals surface area contributed by atoms with Gasteiger partial charge in [0.15, 0.2) is 0 Å². The lowest BCUT2D eigenvalue weighted by Gasteiger charge is -2.16. The molecule has 1 aromatic rings. The standard InChI is InChI=1S/C12H14O3/c1-12(2)7-9-5-8(6-11(13)14)3-4-10(9)15-12/h3-5H,6-7H2,1-2H3,(H,13,14). The number of carbonyl (C=O) groups is 1. The smallest absolute Gasteiger partial charge is 0.307 e. The molecule has 3 heteroatoms. The summed E-state index contributed by atoms with van der Waals surface area (Å²) >= 11 is 0. The molecular formula is C12H14O3. The van der Waals surface area contributed by atoms with Crippen LogP contribution in [0.25, 0.3) is 0 Å². The van der Waals surface area contributed by atoms with Crippen molar-refractivity contribution in [2.24, 2.45) is 0 Å². The summed E-state index contributed by atoms with van der Waals surface area (Å²) in [7, 11) is 0. The summed E-state index contributed by atoms with van der Waals surface area (Å²) in [5, 5.41) is 8.69. The van der Waals surface area contributed by atoms with E-state index in [0.717, 1.165) is 23.3 Å². The van der Waals surface area contributed by atoms with Gasteiger partial charge >= 0.3 is 5.97 Å². The summed E-state index contributed by atoms with van der Waals surface area (Å²) in [5.74, 6) is 0.0854. The average Bonchev–Trinajstić information content (AvgIpc) is 2.36. The highest BCUT2D eigenvalue weighted by Crippen LogP contribution is 2.35. The number of ether oxygens (including phenoxy) is 1. The van der Waals surface area contributed by atoms with Gasteiger partial charge in [-0.05, 0) is 31.0 Å². The van der Waals surface area contributed by atoms with Crippen LogP contribution in [0.4, 0.5) is 0 Å². The minimum Gasteiger partial charge on any atom is -0.487 e. The van der Waals surface area contributed by atoms with Crippen LogP contribution in [0.1, 0.15) is 25.0 Å². The number of aliphatic carboxylic acids is 1. The lowest BCUT2D eigenvalue weighted by molar-refractivity contribution is -0.136. The first-order valence-electron chi connectivity index (χ1n) is 4.99. The number of benzene rings is 1. The van der Waals surface area contributed by atoms with Crippen LogP contribution in [0.15, 0.2) is 18.2 Å². The SMILES string of the molecule is CC1(C)Cc2cc(CC(=O)O)ccc2O1. The van der Waals surface area contributed by atoms with E-state index >= 15 is 0 Å². The summed E-state index contributed by atoms with van der Waals surface area (Å²) in [5.41, 5.74) is 1.78. The number of hydrogen-bond acceptors (Lipinski definition) is 2. The van der Waals surface area contributed by atoms with Gasteiger partial charge < -0.3 is 9.84 Å². The molecule has 80 valence electrons. The third-order valence-electron chi connectivity index (χ3n) is 2.48. The molecule has 3 nitrogen and oxygen atoms in total. The fourth-order valence-electron chi connectivity index (χ4n) is 1.95. The van der Waals surface area contributed by atoms with Crippen molar-refractivity contribution >= 4 is 5.97 Å². The Kier molecular flexibility index (Phi) is 2.18. The van der Waals surface area contributed by atoms with Crippen molar-refractivity contribution in [3.05, 3.63) is 29.3 Å². The van der Waals surface area contributed by atoms with Crippen molar-refractivity contribution in [2.45, 2.75) is 32.3 Å². The van der Waals surface area contributed by atoms with Gasteiger partial charge in [0, 0.05) is 6.42 Å². The predicted molar refractivity (Wildman–Crippen MR) is 56.2 cm³/mol. The second kappa shape index (κ2) is 3.26. The number of hydrogen-bond donors (Lipinski definition) is 1. The van der Waals surface area contributed by atoms with E-state index in [1.807, 2.05) is 32.0 Å². The topological polar surface area (TPSA) is 46.5 Å². The molecule has 0 fully saturated rings. The van der Waals surface area contributed by atoms with E-state index in [1.165, 1.54) is 0 Å². The molecule has 0 amide bonds. The molecule has 1 N–H and O–H groups in total. The van der Waals surface area contributed by atoms with Crippen molar-refractivity contribution in [3.8, 4) is 5.75 Å². The minimum atomic E-state index is -0.798. The second-order valence-electron chi connectivity index (χ2n) is 4.55. The van der Waals surface area contributed by atoms with E-state index in [9.17, 15) is 4.79 Å². The number of carboxylic acid groups (broad SMARTS) is 1. The minimum absolute atomic E-state index is 0.0771. The zero-order valence-corrected chi connectivity index (χ0v) is 8.91. The van der Waals surface area contributed by atoms with Crippen molar-refractivity contribution in [3.63, 3.8) is 0 Å². The molecular weight excluding hydrogens is 192 g/mol. The molecule has 0 aromatic heterocycles. The Bertz CT molecular complexity index is 407. The van der Waals surface area contributed by atoms with Crippen molar-refractivity contribution < 1.29 is 14.6 Å². The van der Waals surface area contributed by atoms with Gasteiger partial charge in [-0.1, -0.05) is 12.1 Å². The second-order valence-corrected chi connectivity index (χ2v) is 4.55. The maximum atomic E-state index is 10.6.